The molecule has 0 radical (unpaired) electrons. The number of aromatic amines is 1. The fraction of sp³-hybridized carbons (Fsp3) is 0.308. The lowest BCUT2D eigenvalue weighted by molar-refractivity contribution is 0.465. The molecule has 108 valence electrons. The Labute approximate surface area is 127 Å². The minimum absolute atomic E-state index is 0.257. The van der Waals surface area contributed by atoms with Crippen LogP contribution in [0.4, 0.5) is 0 Å². The van der Waals surface area contributed by atoms with Crippen LogP contribution in [0.1, 0.15) is 17.0 Å². The standard InChI is InChI=1S/C13H16BrN3O2S/c1-9-13(10(2)16-15-9)20(18,19)17(3)8-11-6-4-5-7-12(11)14/h4-7H,8H2,1-3H3,(H,15,16). The van der Waals surface area contributed by atoms with E-state index in [0.29, 0.717) is 17.9 Å². The zero-order valence-corrected chi connectivity index (χ0v) is 13.9. The van der Waals surface area contributed by atoms with Crippen molar-refractivity contribution < 1.29 is 8.42 Å². The van der Waals surface area contributed by atoms with E-state index in [1.54, 1.807) is 20.9 Å². The van der Waals surface area contributed by atoms with Crippen molar-refractivity contribution >= 4 is 26.0 Å². The fourth-order valence-corrected chi connectivity index (χ4v) is 3.91. The molecule has 1 aromatic carbocycles. The van der Waals surface area contributed by atoms with Crippen molar-refractivity contribution in [1.29, 1.82) is 0 Å². The van der Waals surface area contributed by atoms with Crippen LogP contribution in [0, 0.1) is 13.8 Å². The molecule has 0 aliphatic rings. The van der Waals surface area contributed by atoms with Crippen LogP contribution in [0.5, 0.6) is 0 Å². The number of aryl methyl sites for hydroxylation is 2. The van der Waals surface area contributed by atoms with Crippen LogP contribution >= 0.6 is 15.9 Å². The summed E-state index contributed by atoms with van der Waals surface area (Å²) in [5, 5.41) is 6.66. The van der Waals surface area contributed by atoms with Crippen molar-refractivity contribution in [3.8, 4) is 0 Å². The van der Waals surface area contributed by atoms with E-state index < -0.39 is 10.0 Å². The molecule has 1 aromatic heterocycles. The molecular weight excluding hydrogens is 342 g/mol. The van der Waals surface area contributed by atoms with Crippen molar-refractivity contribution in [2.75, 3.05) is 7.05 Å². The summed E-state index contributed by atoms with van der Waals surface area (Å²) in [6.45, 7) is 3.69. The summed E-state index contributed by atoms with van der Waals surface area (Å²) in [5.41, 5.74) is 1.96. The number of nitrogens with one attached hydrogen (secondary N) is 1. The Bertz CT molecular complexity index is 705. The van der Waals surface area contributed by atoms with Crippen molar-refractivity contribution in [3.05, 3.63) is 45.7 Å². The van der Waals surface area contributed by atoms with Gasteiger partial charge in [0.1, 0.15) is 4.90 Å². The summed E-state index contributed by atoms with van der Waals surface area (Å²) in [7, 11) is -1.98. The minimum atomic E-state index is -3.55. The number of nitrogens with zero attached hydrogens (tertiary/aromatic N) is 2. The van der Waals surface area contributed by atoms with Crippen LogP contribution in [0.25, 0.3) is 0 Å². The third-order valence-electron chi connectivity index (χ3n) is 3.08. The molecular formula is C13H16BrN3O2S. The van der Waals surface area contributed by atoms with Gasteiger partial charge in [-0.25, -0.2) is 8.42 Å². The zero-order chi connectivity index (χ0) is 14.9. The van der Waals surface area contributed by atoms with Crippen molar-refractivity contribution in [3.63, 3.8) is 0 Å². The molecule has 0 aliphatic heterocycles. The van der Waals surface area contributed by atoms with Gasteiger partial charge in [0.25, 0.3) is 0 Å². The van der Waals surface area contributed by atoms with E-state index in [-0.39, 0.29) is 4.90 Å². The van der Waals surface area contributed by atoms with Gasteiger partial charge in [0.15, 0.2) is 0 Å². The molecule has 0 fully saturated rings. The second-order valence-corrected chi connectivity index (χ2v) is 7.45. The maximum atomic E-state index is 12.6. The van der Waals surface area contributed by atoms with E-state index in [4.69, 9.17) is 0 Å². The number of hydrogen-bond donors (Lipinski definition) is 1. The van der Waals surface area contributed by atoms with E-state index in [1.165, 1.54) is 4.31 Å². The third-order valence-corrected chi connectivity index (χ3v) is 5.92. The van der Waals surface area contributed by atoms with Crippen LogP contribution in [0.3, 0.4) is 0 Å². The molecule has 0 amide bonds. The van der Waals surface area contributed by atoms with Gasteiger partial charge in [-0.3, -0.25) is 5.10 Å². The minimum Gasteiger partial charge on any atom is -0.281 e. The Kier molecular flexibility index (Phi) is 4.31. The molecule has 0 atom stereocenters. The monoisotopic (exact) mass is 357 g/mol. The molecule has 0 spiro atoms. The topological polar surface area (TPSA) is 66.1 Å². The van der Waals surface area contributed by atoms with Crippen LogP contribution in [0.15, 0.2) is 33.6 Å². The molecule has 2 rings (SSSR count). The maximum Gasteiger partial charge on any atom is 0.246 e. The van der Waals surface area contributed by atoms with Crippen molar-refractivity contribution in [1.82, 2.24) is 14.5 Å². The van der Waals surface area contributed by atoms with Gasteiger partial charge in [0.05, 0.1) is 11.4 Å². The van der Waals surface area contributed by atoms with E-state index in [0.717, 1.165) is 10.0 Å². The Balaban J connectivity index is 2.34. The smallest absolute Gasteiger partial charge is 0.246 e. The highest BCUT2D eigenvalue weighted by atomic mass is 79.9. The van der Waals surface area contributed by atoms with Crippen molar-refractivity contribution in [2.45, 2.75) is 25.3 Å². The number of sulfonamides is 1. The Morgan fingerprint density at radius 2 is 1.95 bits per heavy atom. The summed E-state index contributed by atoms with van der Waals surface area (Å²) in [4.78, 5) is 0.257. The van der Waals surface area contributed by atoms with Gasteiger partial charge < -0.3 is 0 Å². The molecule has 0 aliphatic carbocycles. The molecule has 7 heteroatoms. The molecule has 20 heavy (non-hydrogen) atoms. The van der Waals surface area contributed by atoms with Gasteiger partial charge in [0, 0.05) is 18.1 Å². The van der Waals surface area contributed by atoms with Gasteiger partial charge in [-0.2, -0.15) is 9.40 Å². The van der Waals surface area contributed by atoms with E-state index in [1.807, 2.05) is 24.3 Å². The normalized spacial score (nSPS) is 12.1. The molecule has 0 bridgehead atoms. The van der Waals surface area contributed by atoms with E-state index in [9.17, 15) is 8.42 Å². The second-order valence-electron chi connectivity index (χ2n) is 4.62. The van der Waals surface area contributed by atoms with Gasteiger partial charge in [-0.1, -0.05) is 34.1 Å². The second kappa shape index (κ2) is 5.67. The highest BCUT2D eigenvalue weighted by Gasteiger charge is 2.27. The highest BCUT2D eigenvalue weighted by molar-refractivity contribution is 9.10. The predicted octanol–water partition coefficient (Wildman–Crippen LogP) is 2.61. The summed E-state index contributed by atoms with van der Waals surface area (Å²) < 4.78 is 27.4. The number of hydrogen-bond acceptors (Lipinski definition) is 3. The summed E-state index contributed by atoms with van der Waals surface area (Å²) in [6, 6.07) is 7.57. The highest BCUT2D eigenvalue weighted by Crippen LogP contribution is 2.24. The first-order valence-electron chi connectivity index (χ1n) is 6.05. The zero-order valence-electron chi connectivity index (χ0n) is 11.5. The average molecular weight is 358 g/mol. The molecule has 1 N–H and O–H groups in total. The molecule has 1 heterocycles. The van der Waals surface area contributed by atoms with Crippen LogP contribution in [-0.4, -0.2) is 30.0 Å². The molecule has 5 nitrogen and oxygen atoms in total. The molecule has 2 aromatic rings. The fourth-order valence-electron chi connectivity index (χ4n) is 2.03. The van der Waals surface area contributed by atoms with Crippen LogP contribution in [0.2, 0.25) is 0 Å². The van der Waals surface area contributed by atoms with Crippen molar-refractivity contribution in [2.24, 2.45) is 0 Å². The number of aromatic nitrogens is 2. The predicted molar refractivity (Wildman–Crippen MR) is 80.9 cm³/mol. The quantitative estimate of drug-likeness (QED) is 0.914. The number of H-pyrrole nitrogens is 1. The van der Waals surface area contributed by atoms with Gasteiger partial charge in [-0.05, 0) is 25.5 Å². The Morgan fingerprint density at radius 3 is 2.50 bits per heavy atom. The SMILES string of the molecule is Cc1n[nH]c(C)c1S(=O)(=O)N(C)Cc1ccccc1Br. The molecule has 0 unspecified atom stereocenters. The summed E-state index contributed by atoms with van der Waals surface area (Å²) >= 11 is 3.43. The Hall–Kier alpha value is -1.18. The molecule has 0 saturated heterocycles. The summed E-state index contributed by atoms with van der Waals surface area (Å²) in [5.74, 6) is 0. The first-order valence-corrected chi connectivity index (χ1v) is 8.28. The van der Waals surface area contributed by atoms with Gasteiger partial charge in [0.2, 0.25) is 10.0 Å². The first kappa shape index (κ1) is 15.2. The Morgan fingerprint density at radius 1 is 1.30 bits per heavy atom. The van der Waals surface area contributed by atoms with Crippen LogP contribution in [-0.2, 0) is 16.6 Å². The number of halogens is 1. The van der Waals surface area contributed by atoms with E-state index >= 15 is 0 Å². The number of rotatable bonds is 4. The summed E-state index contributed by atoms with van der Waals surface area (Å²) in [6.07, 6.45) is 0. The van der Waals surface area contributed by atoms with E-state index in [2.05, 4.69) is 26.1 Å². The molecule has 0 saturated carbocycles. The van der Waals surface area contributed by atoms with Gasteiger partial charge >= 0.3 is 0 Å². The van der Waals surface area contributed by atoms with Gasteiger partial charge in [-0.15, -0.1) is 0 Å². The van der Waals surface area contributed by atoms with Crippen LogP contribution < -0.4 is 0 Å². The lowest BCUT2D eigenvalue weighted by Crippen LogP contribution is -2.27. The third kappa shape index (κ3) is 2.79. The average Bonchev–Trinajstić information content (AvgIpc) is 2.72. The first-order chi connectivity index (χ1) is 9.34. The lowest BCUT2D eigenvalue weighted by Gasteiger charge is -2.18. The lowest BCUT2D eigenvalue weighted by atomic mass is 10.2. The largest absolute Gasteiger partial charge is 0.281 e. The number of benzene rings is 1. The maximum absolute atomic E-state index is 12.6.